The second-order valence-corrected chi connectivity index (χ2v) is 5.46. The summed E-state index contributed by atoms with van der Waals surface area (Å²) in [5.41, 5.74) is -0.761. The van der Waals surface area contributed by atoms with Gasteiger partial charge in [0.15, 0.2) is 28.6 Å². The van der Waals surface area contributed by atoms with Gasteiger partial charge in [0.05, 0.1) is 21.3 Å². The van der Waals surface area contributed by atoms with Crippen molar-refractivity contribution in [3.05, 3.63) is 28.4 Å². The molecule has 0 spiro atoms. The minimum absolute atomic E-state index is 0.0873. The van der Waals surface area contributed by atoms with E-state index in [1.807, 2.05) is 0 Å². The number of rotatable bonds is 4. The fourth-order valence-electron chi connectivity index (χ4n) is 2.75. The molecule has 0 aliphatic carbocycles. The molecule has 142 valence electrons. The van der Waals surface area contributed by atoms with Gasteiger partial charge in [-0.15, -0.1) is 0 Å². The Morgan fingerprint density at radius 2 is 1.44 bits per heavy atom. The number of phenols is 4. The lowest BCUT2D eigenvalue weighted by Crippen LogP contribution is -2.09. The van der Waals surface area contributed by atoms with Crippen molar-refractivity contribution in [3.8, 4) is 51.6 Å². The van der Waals surface area contributed by atoms with Gasteiger partial charge in [0.1, 0.15) is 5.39 Å². The first kappa shape index (κ1) is 18.1. The molecule has 1 aromatic heterocycles. The third-order valence-electron chi connectivity index (χ3n) is 4.01. The van der Waals surface area contributed by atoms with Gasteiger partial charge in [-0.1, -0.05) is 0 Å². The van der Waals surface area contributed by atoms with Crippen molar-refractivity contribution in [2.45, 2.75) is 0 Å². The average Bonchev–Trinajstić information content (AvgIpc) is 2.65. The standard InChI is InChI=1S/C18H16O9/c1-24-16-12(22)10-11(21)13(23)17(25-2)18(26-3)15(10)27-14(16)7-4-5-8(19)9(20)6-7/h4-6,19-21,23H,1-3H3. The minimum atomic E-state index is -0.782. The largest absolute Gasteiger partial charge is 0.504 e. The monoisotopic (exact) mass is 376 g/mol. The summed E-state index contributed by atoms with van der Waals surface area (Å²) in [6.07, 6.45) is 0. The molecule has 0 saturated heterocycles. The highest BCUT2D eigenvalue weighted by molar-refractivity contribution is 5.96. The quantitative estimate of drug-likeness (QED) is 0.505. The van der Waals surface area contributed by atoms with Gasteiger partial charge in [0.2, 0.25) is 28.4 Å². The maximum absolute atomic E-state index is 12.9. The van der Waals surface area contributed by atoms with E-state index in [1.54, 1.807) is 0 Å². The molecule has 1 heterocycles. The van der Waals surface area contributed by atoms with E-state index < -0.39 is 22.7 Å². The highest BCUT2D eigenvalue weighted by Gasteiger charge is 2.28. The molecule has 27 heavy (non-hydrogen) atoms. The Kier molecular flexibility index (Phi) is 4.36. The van der Waals surface area contributed by atoms with Crippen molar-refractivity contribution < 1.29 is 39.1 Å². The second kappa shape index (κ2) is 6.52. The predicted octanol–water partition coefficient (Wildman–Crippen LogP) is 2.31. The first-order chi connectivity index (χ1) is 12.8. The molecule has 2 aromatic carbocycles. The lowest BCUT2D eigenvalue weighted by atomic mass is 10.1. The van der Waals surface area contributed by atoms with Gasteiger partial charge in [-0.25, -0.2) is 0 Å². The number of hydrogen-bond acceptors (Lipinski definition) is 9. The van der Waals surface area contributed by atoms with Crippen LogP contribution >= 0.6 is 0 Å². The van der Waals surface area contributed by atoms with Crippen LogP contribution in [0.2, 0.25) is 0 Å². The van der Waals surface area contributed by atoms with Crippen molar-refractivity contribution in [2.24, 2.45) is 0 Å². The number of fused-ring (bicyclic) bond motifs is 1. The van der Waals surface area contributed by atoms with Crippen molar-refractivity contribution in [3.63, 3.8) is 0 Å². The number of ether oxygens (including phenoxy) is 3. The minimum Gasteiger partial charge on any atom is -0.504 e. The van der Waals surface area contributed by atoms with Crippen LogP contribution in [0.5, 0.6) is 40.2 Å². The van der Waals surface area contributed by atoms with Crippen LogP contribution in [0.1, 0.15) is 0 Å². The summed E-state index contributed by atoms with van der Waals surface area (Å²) in [6, 6.07) is 3.78. The molecule has 4 N–H and O–H groups in total. The molecule has 0 amide bonds. The Morgan fingerprint density at radius 3 is 2.00 bits per heavy atom. The molecule has 0 aliphatic heterocycles. The second-order valence-electron chi connectivity index (χ2n) is 5.46. The SMILES string of the molecule is COc1c(O)c(O)c2c(=O)c(OC)c(-c3ccc(O)c(O)c3)oc2c1OC. The zero-order chi connectivity index (χ0) is 19.9. The fourth-order valence-corrected chi connectivity index (χ4v) is 2.75. The molecule has 0 bridgehead atoms. The van der Waals surface area contributed by atoms with Gasteiger partial charge in [0.25, 0.3) is 0 Å². The molecule has 0 unspecified atom stereocenters. The molecular formula is C18H16O9. The van der Waals surface area contributed by atoms with Crippen LogP contribution in [0.3, 0.4) is 0 Å². The van der Waals surface area contributed by atoms with Crippen molar-refractivity contribution in [1.82, 2.24) is 0 Å². The number of hydrogen-bond donors (Lipinski definition) is 4. The van der Waals surface area contributed by atoms with Crippen LogP contribution in [0, 0.1) is 0 Å². The van der Waals surface area contributed by atoms with Crippen LogP contribution in [0.15, 0.2) is 27.4 Å². The summed E-state index contributed by atoms with van der Waals surface area (Å²) in [5.74, 6) is -2.95. The van der Waals surface area contributed by atoms with E-state index in [0.717, 1.165) is 0 Å². The molecule has 0 saturated carbocycles. The van der Waals surface area contributed by atoms with E-state index in [2.05, 4.69) is 0 Å². The average molecular weight is 376 g/mol. The molecule has 3 aromatic rings. The summed E-state index contributed by atoms with van der Waals surface area (Å²) in [4.78, 5) is 12.9. The van der Waals surface area contributed by atoms with E-state index in [0.29, 0.717) is 0 Å². The maximum Gasteiger partial charge on any atom is 0.239 e. The molecule has 0 aliphatic rings. The van der Waals surface area contributed by atoms with Crippen LogP contribution in [0.25, 0.3) is 22.3 Å². The Balaban J connectivity index is 2.51. The normalized spacial score (nSPS) is 10.8. The number of aromatic hydroxyl groups is 4. The van der Waals surface area contributed by atoms with Crippen molar-refractivity contribution >= 4 is 11.0 Å². The van der Waals surface area contributed by atoms with Crippen LogP contribution in [-0.4, -0.2) is 41.8 Å². The number of methoxy groups -OCH3 is 3. The highest BCUT2D eigenvalue weighted by atomic mass is 16.5. The zero-order valence-corrected chi connectivity index (χ0v) is 14.6. The number of benzene rings is 2. The highest BCUT2D eigenvalue weighted by Crippen LogP contribution is 2.50. The fraction of sp³-hybridized carbons (Fsp3) is 0.167. The Hall–Kier alpha value is -3.75. The van der Waals surface area contributed by atoms with E-state index in [9.17, 15) is 25.2 Å². The van der Waals surface area contributed by atoms with E-state index >= 15 is 0 Å². The van der Waals surface area contributed by atoms with Crippen molar-refractivity contribution in [1.29, 1.82) is 0 Å². The molecule has 0 atom stereocenters. The van der Waals surface area contributed by atoms with Crippen molar-refractivity contribution in [2.75, 3.05) is 21.3 Å². The molecule has 0 radical (unpaired) electrons. The summed E-state index contributed by atoms with van der Waals surface area (Å²) in [7, 11) is 3.73. The molecular weight excluding hydrogens is 360 g/mol. The van der Waals surface area contributed by atoms with Gasteiger partial charge in [0, 0.05) is 5.56 Å². The van der Waals surface area contributed by atoms with Crippen LogP contribution in [0.4, 0.5) is 0 Å². The smallest absolute Gasteiger partial charge is 0.239 e. The van der Waals surface area contributed by atoms with Crippen LogP contribution in [-0.2, 0) is 0 Å². The summed E-state index contributed by atoms with van der Waals surface area (Å²) >= 11 is 0. The predicted molar refractivity (Wildman–Crippen MR) is 94.2 cm³/mol. The topological polar surface area (TPSA) is 139 Å². The summed E-state index contributed by atoms with van der Waals surface area (Å²) in [6.45, 7) is 0. The maximum atomic E-state index is 12.9. The van der Waals surface area contributed by atoms with Gasteiger partial charge in [-0.2, -0.15) is 0 Å². The third kappa shape index (κ3) is 2.60. The van der Waals surface area contributed by atoms with E-state index in [-0.39, 0.29) is 45.3 Å². The summed E-state index contributed by atoms with van der Waals surface area (Å²) in [5, 5.41) is 39.2. The van der Waals surface area contributed by atoms with E-state index in [4.69, 9.17) is 18.6 Å². The van der Waals surface area contributed by atoms with E-state index in [1.165, 1.54) is 39.5 Å². The Labute approximate surface area is 152 Å². The van der Waals surface area contributed by atoms with Crippen LogP contribution < -0.4 is 19.6 Å². The lowest BCUT2D eigenvalue weighted by molar-refractivity contribution is 0.320. The zero-order valence-electron chi connectivity index (χ0n) is 14.6. The summed E-state index contributed by atoms with van der Waals surface area (Å²) < 4.78 is 21.1. The van der Waals surface area contributed by atoms with Gasteiger partial charge in [-0.05, 0) is 18.2 Å². The first-order valence-electron chi connectivity index (χ1n) is 7.58. The molecule has 9 heteroatoms. The van der Waals surface area contributed by atoms with Gasteiger partial charge < -0.3 is 39.1 Å². The van der Waals surface area contributed by atoms with Gasteiger partial charge in [-0.3, -0.25) is 4.79 Å². The molecule has 9 nitrogen and oxygen atoms in total. The Bertz CT molecular complexity index is 1100. The van der Waals surface area contributed by atoms with Gasteiger partial charge >= 0.3 is 0 Å². The first-order valence-corrected chi connectivity index (χ1v) is 7.58. The Morgan fingerprint density at radius 1 is 0.815 bits per heavy atom. The molecule has 0 fully saturated rings. The third-order valence-corrected chi connectivity index (χ3v) is 4.01. The molecule has 3 rings (SSSR count). The lowest BCUT2D eigenvalue weighted by Gasteiger charge is -2.15. The number of phenolic OH excluding ortho intramolecular Hbond substituents is 4.